The highest BCUT2D eigenvalue weighted by molar-refractivity contribution is 7.92. The molecule has 124 valence electrons. The van der Waals surface area contributed by atoms with E-state index in [9.17, 15) is 8.42 Å². The molecule has 0 spiro atoms. The van der Waals surface area contributed by atoms with Gasteiger partial charge in [-0.3, -0.25) is 4.72 Å². The number of anilines is 1. The molecule has 0 saturated heterocycles. The number of sulfonamides is 1. The first-order chi connectivity index (χ1) is 10.9. The van der Waals surface area contributed by atoms with E-state index < -0.39 is 10.0 Å². The Labute approximate surface area is 136 Å². The number of methoxy groups -OCH3 is 3. The molecule has 0 atom stereocenters. The highest BCUT2D eigenvalue weighted by Crippen LogP contribution is 2.33. The Kier molecular flexibility index (Phi) is 5.00. The molecule has 0 saturated carbocycles. The fourth-order valence-corrected chi connectivity index (χ4v) is 3.40. The number of nitrogens with one attached hydrogen (secondary N) is 1. The van der Waals surface area contributed by atoms with Crippen LogP contribution in [-0.4, -0.2) is 29.7 Å². The minimum atomic E-state index is -3.85. The van der Waals surface area contributed by atoms with Gasteiger partial charge in [0.1, 0.15) is 22.1 Å². The van der Waals surface area contributed by atoms with Crippen LogP contribution in [0.1, 0.15) is 5.56 Å². The Morgan fingerprint density at radius 1 is 0.870 bits per heavy atom. The molecule has 6 nitrogen and oxygen atoms in total. The van der Waals surface area contributed by atoms with Crippen LogP contribution in [0.15, 0.2) is 41.3 Å². The predicted molar refractivity (Wildman–Crippen MR) is 88.1 cm³/mol. The minimum Gasteiger partial charge on any atom is -0.497 e. The van der Waals surface area contributed by atoms with E-state index in [-0.39, 0.29) is 16.3 Å². The molecule has 2 aromatic carbocycles. The summed E-state index contributed by atoms with van der Waals surface area (Å²) in [6.07, 6.45) is 0. The van der Waals surface area contributed by atoms with Crippen LogP contribution in [0.4, 0.5) is 5.69 Å². The number of benzene rings is 2. The summed E-state index contributed by atoms with van der Waals surface area (Å²) in [6, 6.07) is 9.82. The fraction of sp³-hybridized carbons (Fsp3) is 0.250. The second-order valence-corrected chi connectivity index (χ2v) is 6.48. The maximum atomic E-state index is 12.7. The molecule has 0 unspecified atom stereocenters. The van der Waals surface area contributed by atoms with Gasteiger partial charge in [0.15, 0.2) is 0 Å². The van der Waals surface area contributed by atoms with Crippen LogP contribution < -0.4 is 18.9 Å². The Morgan fingerprint density at radius 3 is 2.13 bits per heavy atom. The summed E-state index contributed by atoms with van der Waals surface area (Å²) in [5.74, 6) is 1.17. The van der Waals surface area contributed by atoms with Crippen molar-refractivity contribution in [2.45, 2.75) is 11.8 Å². The molecule has 0 aliphatic rings. The Balaban J connectivity index is 2.48. The van der Waals surface area contributed by atoms with E-state index in [1.165, 1.54) is 21.3 Å². The van der Waals surface area contributed by atoms with E-state index in [4.69, 9.17) is 14.2 Å². The lowest BCUT2D eigenvalue weighted by Crippen LogP contribution is -2.15. The van der Waals surface area contributed by atoms with E-state index in [2.05, 4.69) is 4.72 Å². The van der Waals surface area contributed by atoms with E-state index in [0.717, 1.165) is 5.56 Å². The van der Waals surface area contributed by atoms with Crippen molar-refractivity contribution in [3.8, 4) is 17.2 Å². The van der Waals surface area contributed by atoms with Gasteiger partial charge in [-0.15, -0.1) is 0 Å². The van der Waals surface area contributed by atoms with Crippen LogP contribution >= 0.6 is 0 Å². The number of aryl methyl sites for hydroxylation is 1. The Bertz CT molecular complexity index is 802. The van der Waals surface area contributed by atoms with Crippen LogP contribution in [0.3, 0.4) is 0 Å². The van der Waals surface area contributed by atoms with Crippen molar-refractivity contribution in [3.63, 3.8) is 0 Å². The summed E-state index contributed by atoms with van der Waals surface area (Å²) < 4.78 is 43.4. The van der Waals surface area contributed by atoms with Crippen LogP contribution in [0.25, 0.3) is 0 Å². The molecule has 0 aliphatic heterocycles. The first-order valence-electron chi connectivity index (χ1n) is 6.80. The highest BCUT2D eigenvalue weighted by Gasteiger charge is 2.21. The molecule has 0 heterocycles. The zero-order valence-electron chi connectivity index (χ0n) is 13.4. The lowest BCUT2D eigenvalue weighted by atomic mass is 10.2. The van der Waals surface area contributed by atoms with Crippen molar-refractivity contribution < 1.29 is 22.6 Å². The van der Waals surface area contributed by atoms with Gasteiger partial charge in [0.25, 0.3) is 10.0 Å². The van der Waals surface area contributed by atoms with Gasteiger partial charge in [-0.25, -0.2) is 8.42 Å². The molecule has 2 aromatic rings. The molecule has 0 aliphatic carbocycles. The smallest absolute Gasteiger partial charge is 0.265 e. The number of hydrogen-bond donors (Lipinski definition) is 1. The predicted octanol–water partition coefficient (Wildman–Crippen LogP) is 2.82. The van der Waals surface area contributed by atoms with Crippen LogP contribution in [-0.2, 0) is 10.0 Å². The van der Waals surface area contributed by atoms with Crippen molar-refractivity contribution in [2.75, 3.05) is 26.1 Å². The third-order valence-electron chi connectivity index (χ3n) is 3.26. The molecular formula is C16H19NO5S. The first-order valence-corrected chi connectivity index (χ1v) is 8.29. The third kappa shape index (κ3) is 3.68. The summed E-state index contributed by atoms with van der Waals surface area (Å²) in [4.78, 5) is 0.0601. The second-order valence-electron chi connectivity index (χ2n) is 4.83. The molecule has 2 rings (SSSR count). The van der Waals surface area contributed by atoms with E-state index in [1.807, 2.05) is 6.92 Å². The third-order valence-corrected chi connectivity index (χ3v) is 4.65. The standard InChI is InChI=1S/C16H19NO5S/c1-11-5-7-15(22-4)16(9-11)23(18,19)17-13-10-12(20-2)6-8-14(13)21-3/h5-10,17H,1-4H3. The summed E-state index contributed by atoms with van der Waals surface area (Å²) in [5, 5.41) is 0. The van der Waals surface area contributed by atoms with Gasteiger partial charge in [0.05, 0.1) is 27.0 Å². The van der Waals surface area contributed by atoms with Crippen LogP contribution in [0.5, 0.6) is 17.2 Å². The lowest BCUT2D eigenvalue weighted by molar-refractivity contribution is 0.402. The monoisotopic (exact) mass is 337 g/mol. The molecular weight excluding hydrogens is 318 g/mol. The zero-order chi connectivity index (χ0) is 17.0. The quantitative estimate of drug-likeness (QED) is 0.877. The summed E-state index contributed by atoms with van der Waals surface area (Å²) in [7, 11) is 0.548. The van der Waals surface area contributed by atoms with Gasteiger partial charge in [0.2, 0.25) is 0 Å². The van der Waals surface area contributed by atoms with Gasteiger partial charge in [-0.1, -0.05) is 6.07 Å². The van der Waals surface area contributed by atoms with Gasteiger partial charge >= 0.3 is 0 Å². The molecule has 23 heavy (non-hydrogen) atoms. The van der Waals surface area contributed by atoms with Gasteiger partial charge < -0.3 is 14.2 Å². The van der Waals surface area contributed by atoms with Crippen molar-refractivity contribution in [1.29, 1.82) is 0 Å². The van der Waals surface area contributed by atoms with Crippen molar-refractivity contribution in [1.82, 2.24) is 0 Å². The molecule has 0 amide bonds. The number of rotatable bonds is 6. The molecule has 0 radical (unpaired) electrons. The van der Waals surface area contributed by atoms with Crippen molar-refractivity contribution >= 4 is 15.7 Å². The van der Waals surface area contributed by atoms with E-state index in [0.29, 0.717) is 11.5 Å². The van der Waals surface area contributed by atoms with Crippen molar-refractivity contribution in [2.24, 2.45) is 0 Å². The van der Waals surface area contributed by atoms with Gasteiger partial charge in [-0.05, 0) is 36.8 Å². The topological polar surface area (TPSA) is 73.9 Å². The summed E-state index contributed by atoms with van der Waals surface area (Å²) in [6.45, 7) is 1.81. The number of hydrogen-bond acceptors (Lipinski definition) is 5. The fourth-order valence-electron chi connectivity index (χ4n) is 2.09. The average Bonchev–Trinajstić information content (AvgIpc) is 2.54. The molecule has 1 N–H and O–H groups in total. The summed E-state index contributed by atoms with van der Waals surface area (Å²) >= 11 is 0. The zero-order valence-corrected chi connectivity index (χ0v) is 14.2. The van der Waals surface area contributed by atoms with E-state index >= 15 is 0 Å². The summed E-state index contributed by atoms with van der Waals surface area (Å²) in [5.41, 5.74) is 1.10. The molecule has 7 heteroatoms. The van der Waals surface area contributed by atoms with Gasteiger partial charge in [-0.2, -0.15) is 0 Å². The molecule has 0 aromatic heterocycles. The molecule has 0 bridgehead atoms. The van der Waals surface area contributed by atoms with E-state index in [1.54, 1.807) is 36.4 Å². The normalized spacial score (nSPS) is 11.0. The first kappa shape index (κ1) is 17.0. The van der Waals surface area contributed by atoms with Crippen molar-refractivity contribution in [3.05, 3.63) is 42.0 Å². The largest absolute Gasteiger partial charge is 0.497 e. The van der Waals surface area contributed by atoms with Crippen LogP contribution in [0, 0.1) is 6.92 Å². The molecule has 0 fully saturated rings. The maximum Gasteiger partial charge on any atom is 0.265 e. The maximum absolute atomic E-state index is 12.7. The Morgan fingerprint density at radius 2 is 1.52 bits per heavy atom. The lowest BCUT2D eigenvalue weighted by Gasteiger charge is -2.15. The SMILES string of the molecule is COc1ccc(OC)c(NS(=O)(=O)c2cc(C)ccc2OC)c1. The van der Waals surface area contributed by atoms with Gasteiger partial charge in [0, 0.05) is 6.07 Å². The average molecular weight is 337 g/mol. The number of ether oxygens (including phenoxy) is 3. The highest BCUT2D eigenvalue weighted by atomic mass is 32.2. The minimum absolute atomic E-state index is 0.0601. The van der Waals surface area contributed by atoms with Crippen LogP contribution in [0.2, 0.25) is 0 Å². The second kappa shape index (κ2) is 6.78. The Hall–Kier alpha value is -2.41.